The second-order valence-electron chi connectivity index (χ2n) is 12.8. The van der Waals surface area contributed by atoms with Crippen molar-refractivity contribution in [3.05, 3.63) is 72.3 Å². The van der Waals surface area contributed by atoms with E-state index in [9.17, 15) is 18.5 Å². The van der Waals surface area contributed by atoms with Crippen molar-refractivity contribution >= 4 is 32.8 Å². The van der Waals surface area contributed by atoms with Crippen LogP contribution in [0.1, 0.15) is 32.7 Å². The zero-order valence-corrected chi connectivity index (χ0v) is 28.4. The van der Waals surface area contributed by atoms with E-state index in [2.05, 4.69) is 20.9 Å². The number of benzene rings is 2. The van der Waals surface area contributed by atoms with Crippen molar-refractivity contribution in [2.24, 2.45) is 0 Å². The van der Waals surface area contributed by atoms with Crippen LogP contribution in [0.25, 0.3) is 22.3 Å². The van der Waals surface area contributed by atoms with Crippen LogP contribution in [-0.4, -0.2) is 99.2 Å². The van der Waals surface area contributed by atoms with Crippen molar-refractivity contribution in [2.75, 3.05) is 51.3 Å². The second kappa shape index (κ2) is 13.5. The molecule has 0 saturated carbocycles. The van der Waals surface area contributed by atoms with Gasteiger partial charge in [-0.15, -0.1) is 0 Å². The Bertz CT molecular complexity index is 2050. The van der Waals surface area contributed by atoms with Crippen LogP contribution in [0, 0.1) is 17.1 Å². The molecule has 0 radical (unpaired) electrons. The molecule has 4 heterocycles. The third-order valence-corrected chi connectivity index (χ3v) is 10.4. The molecule has 0 bridgehead atoms. The molecule has 0 aliphatic carbocycles. The van der Waals surface area contributed by atoms with E-state index in [-0.39, 0.29) is 35.2 Å². The topological polar surface area (TPSA) is 164 Å². The first-order valence-electron chi connectivity index (χ1n) is 16.0. The number of amides is 1. The van der Waals surface area contributed by atoms with Crippen molar-refractivity contribution in [3.63, 3.8) is 0 Å². The molecule has 0 spiro atoms. The Balaban J connectivity index is 1.24. The lowest BCUT2D eigenvalue weighted by molar-refractivity contribution is -0.128. The number of ether oxygens (including phenoxy) is 1. The summed E-state index contributed by atoms with van der Waals surface area (Å²) in [7, 11) is -3.29. The Morgan fingerprint density at radius 1 is 1.08 bits per heavy atom. The fourth-order valence-corrected chi connectivity index (χ4v) is 7.33. The van der Waals surface area contributed by atoms with Gasteiger partial charge < -0.3 is 15.4 Å². The van der Waals surface area contributed by atoms with Crippen LogP contribution in [0.3, 0.4) is 0 Å². The number of nitriles is 1. The molecule has 49 heavy (non-hydrogen) atoms. The van der Waals surface area contributed by atoms with Gasteiger partial charge in [-0.2, -0.15) is 14.7 Å². The summed E-state index contributed by atoms with van der Waals surface area (Å²) in [5, 5.41) is 15.3. The third-order valence-electron chi connectivity index (χ3n) is 9.09. The maximum absolute atomic E-state index is 15.7. The molecule has 4 aromatic rings. The number of nitrogens with zero attached hydrogens (tertiary/aromatic N) is 8. The zero-order valence-electron chi connectivity index (χ0n) is 27.6. The summed E-state index contributed by atoms with van der Waals surface area (Å²) in [5.74, 6) is 0.0772. The first kappa shape index (κ1) is 34.0. The molecule has 6 rings (SSSR count). The van der Waals surface area contributed by atoms with Crippen molar-refractivity contribution in [1.82, 2.24) is 33.9 Å². The summed E-state index contributed by atoms with van der Waals surface area (Å²) in [4.78, 5) is 26.1. The number of rotatable bonds is 8. The number of nitrogen functional groups attached to an aromatic ring is 1. The molecule has 2 N–H and O–H groups in total. The molecule has 13 nitrogen and oxygen atoms in total. The Kier molecular flexibility index (Phi) is 9.39. The summed E-state index contributed by atoms with van der Waals surface area (Å²) in [5.41, 5.74) is 6.52. The number of anilines is 1. The number of nitrogens with two attached hydrogens (primary N) is 1. The number of piperazine rings is 1. The fourth-order valence-electron chi connectivity index (χ4n) is 6.51. The summed E-state index contributed by atoms with van der Waals surface area (Å²) < 4.78 is 48.5. The van der Waals surface area contributed by atoms with Gasteiger partial charge in [0, 0.05) is 56.4 Å². The van der Waals surface area contributed by atoms with Crippen molar-refractivity contribution in [3.8, 4) is 28.8 Å². The fraction of sp³-hybridized carbons (Fsp3) is 0.382. The number of likely N-dealkylation sites (tertiary alicyclic amines) is 1. The molecule has 2 fully saturated rings. The summed E-state index contributed by atoms with van der Waals surface area (Å²) in [6.45, 7) is 6.13. The van der Waals surface area contributed by atoms with E-state index < -0.39 is 27.3 Å². The zero-order chi connectivity index (χ0) is 34.9. The highest BCUT2D eigenvalue weighted by atomic mass is 32.2. The number of carbonyl (C=O) groups excluding carboxylic acids is 1. The van der Waals surface area contributed by atoms with Crippen LogP contribution in [0.15, 0.2) is 66.5 Å². The van der Waals surface area contributed by atoms with Crippen LogP contribution in [0.5, 0.6) is 11.5 Å². The van der Waals surface area contributed by atoms with Gasteiger partial charge in [-0.25, -0.2) is 27.5 Å². The maximum atomic E-state index is 15.7. The molecule has 2 aromatic heterocycles. The predicted octanol–water partition coefficient (Wildman–Crippen LogP) is 3.98. The first-order valence-corrected chi connectivity index (χ1v) is 17.8. The quantitative estimate of drug-likeness (QED) is 0.212. The number of hydrogen-bond acceptors (Lipinski definition) is 10. The van der Waals surface area contributed by atoms with Crippen molar-refractivity contribution < 1.29 is 22.3 Å². The maximum Gasteiger partial charge on any atom is 0.264 e. The van der Waals surface area contributed by atoms with Crippen LogP contribution in [-0.2, 0) is 14.8 Å². The molecule has 2 aromatic carbocycles. The molecule has 2 saturated heterocycles. The minimum atomic E-state index is -3.29. The molecule has 2 aliphatic rings. The molecule has 1 atom stereocenters. The molecular formula is C34H38FN9O4S. The van der Waals surface area contributed by atoms with Gasteiger partial charge in [0.1, 0.15) is 46.8 Å². The number of fused-ring (bicyclic) bond motifs is 1. The van der Waals surface area contributed by atoms with E-state index in [0.717, 1.165) is 0 Å². The van der Waals surface area contributed by atoms with E-state index in [0.29, 0.717) is 68.1 Å². The van der Waals surface area contributed by atoms with E-state index >= 15 is 4.39 Å². The molecule has 0 unspecified atom stereocenters. The Morgan fingerprint density at radius 2 is 1.82 bits per heavy atom. The first-order chi connectivity index (χ1) is 23.4. The number of sulfonamides is 1. The monoisotopic (exact) mass is 687 g/mol. The van der Waals surface area contributed by atoms with Gasteiger partial charge in [0.05, 0.1) is 17.7 Å². The minimum Gasteiger partial charge on any atom is -0.457 e. The number of carbonyl (C=O) groups is 1. The van der Waals surface area contributed by atoms with Gasteiger partial charge in [0.15, 0.2) is 5.65 Å². The number of halogens is 1. The molecular weight excluding hydrogens is 649 g/mol. The Morgan fingerprint density at radius 3 is 2.49 bits per heavy atom. The normalized spacial score (nSPS) is 18.4. The average Bonchev–Trinajstić information content (AvgIpc) is 3.48. The Hall–Kier alpha value is -4.91. The van der Waals surface area contributed by atoms with Crippen LogP contribution in [0.4, 0.5) is 10.2 Å². The second-order valence-corrected chi connectivity index (χ2v) is 14.8. The van der Waals surface area contributed by atoms with E-state index in [1.165, 1.54) is 23.0 Å². The van der Waals surface area contributed by atoms with Gasteiger partial charge in [-0.1, -0.05) is 18.2 Å². The Labute approximate surface area is 284 Å². The summed E-state index contributed by atoms with van der Waals surface area (Å²) >= 11 is 0. The van der Waals surface area contributed by atoms with Crippen LogP contribution < -0.4 is 10.5 Å². The highest BCUT2D eigenvalue weighted by molar-refractivity contribution is 7.88. The molecule has 1 amide bonds. The summed E-state index contributed by atoms with van der Waals surface area (Å²) in [6.07, 6.45) is 5.49. The van der Waals surface area contributed by atoms with Gasteiger partial charge >= 0.3 is 0 Å². The highest BCUT2D eigenvalue weighted by Crippen LogP contribution is 2.36. The van der Waals surface area contributed by atoms with Crippen LogP contribution >= 0.6 is 0 Å². The van der Waals surface area contributed by atoms with Crippen LogP contribution in [0.2, 0.25) is 0 Å². The number of para-hydroxylation sites is 1. The number of hydrogen-bond donors (Lipinski definition) is 1. The minimum absolute atomic E-state index is 0.00802. The van der Waals surface area contributed by atoms with Gasteiger partial charge in [0.25, 0.3) is 5.91 Å². The SMILES string of the molecule is CC(C)(/C=C(/C#N)C(=O)N1CCC[C@@H](n2nc(-c3ccc(Oc4ccccc4)cc3F)c3c(N)ncnc32)C1)N1CCN(S(C)(=O)=O)CC1. The number of aromatic nitrogens is 4. The van der Waals surface area contributed by atoms with Gasteiger partial charge in [-0.05, 0) is 57.0 Å². The lowest BCUT2D eigenvalue weighted by atomic mass is 9.97. The summed E-state index contributed by atoms with van der Waals surface area (Å²) in [6, 6.07) is 15.4. The third kappa shape index (κ3) is 7.12. The van der Waals surface area contributed by atoms with E-state index in [1.54, 1.807) is 39.9 Å². The van der Waals surface area contributed by atoms with Gasteiger partial charge in [-0.3, -0.25) is 9.69 Å². The highest BCUT2D eigenvalue weighted by Gasteiger charge is 2.34. The standard InChI is InChI=1S/C34H38FN9O4S/c1-34(2,42-14-16-43(17-15-42)49(3,46)47)19-23(20-36)33(45)41-13-7-8-24(21-41)44-32-29(31(37)38-22-39-32)30(40-44)27-12-11-26(18-28(27)35)48-25-9-5-4-6-10-25/h4-6,9-12,18-19,22,24H,7-8,13-17,21H2,1-3H3,(H2,37,38,39)/b23-19-/t24-/m1/s1. The van der Waals surface area contributed by atoms with Crippen molar-refractivity contribution in [1.29, 1.82) is 5.26 Å². The van der Waals surface area contributed by atoms with Gasteiger partial charge in [0.2, 0.25) is 10.0 Å². The molecule has 256 valence electrons. The lowest BCUT2D eigenvalue weighted by Crippen LogP contribution is -2.55. The predicted molar refractivity (Wildman–Crippen MR) is 182 cm³/mol. The lowest BCUT2D eigenvalue weighted by Gasteiger charge is -2.42. The smallest absolute Gasteiger partial charge is 0.264 e. The molecule has 15 heteroatoms. The van der Waals surface area contributed by atoms with E-state index in [1.807, 2.05) is 32.0 Å². The number of piperidine rings is 1. The molecule has 2 aliphatic heterocycles. The average molecular weight is 688 g/mol. The van der Waals surface area contributed by atoms with E-state index in [4.69, 9.17) is 15.6 Å². The van der Waals surface area contributed by atoms with Crippen molar-refractivity contribution in [2.45, 2.75) is 38.3 Å². The largest absolute Gasteiger partial charge is 0.457 e.